The lowest BCUT2D eigenvalue weighted by Crippen LogP contribution is -2.12. The van der Waals surface area contributed by atoms with Crippen LogP contribution in [0.5, 0.6) is 5.75 Å². The lowest BCUT2D eigenvalue weighted by Gasteiger charge is -2.10. The molecule has 6 heteroatoms. The largest absolute Gasteiger partial charge is 0.511 e. The van der Waals surface area contributed by atoms with Crippen LogP contribution >= 0.6 is 0 Å². The second-order valence-corrected chi connectivity index (χ2v) is 3.07. The average molecular weight is 244 g/mol. The first-order valence-corrected chi connectivity index (χ1v) is 4.56. The number of carbonyl (C=O) groups excluding carboxylic acids is 1. The second-order valence-electron chi connectivity index (χ2n) is 3.07. The summed E-state index contributed by atoms with van der Waals surface area (Å²) in [4.78, 5) is 11.1. The van der Waals surface area contributed by atoms with Crippen molar-refractivity contribution in [3.63, 3.8) is 0 Å². The highest BCUT2D eigenvalue weighted by atomic mass is 19.1. The summed E-state index contributed by atoms with van der Waals surface area (Å²) in [5.74, 6) is -3.66. The Morgan fingerprint density at radius 3 is 2.47 bits per heavy atom. The zero-order valence-electron chi connectivity index (χ0n) is 9.16. The summed E-state index contributed by atoms with van der Waals surface area (Å²) in [5, 5.41) is 8.74. The smallest absolute Gasteiger partial charge is 0.377 e. The van der Waals surface area contributed by atoms with Gasteiger partial charge < -0.3 is 14.6 Å². The number of methoxy groups -OCH3 is 1. The fourth-order valence-corrected chi connectivity index (χ4v) is 1.09. The van der Waals surface area contributed by atoms with E-state index in [4.69, 9.17) is 9.84 Å². The van der Waals surface area contributed by atoms with Gasteiger partial charge >= 0.3 is 5.97 Å². The van der Waals surface area contributed by atoms with Crippen molar-refractivity contribution in [3.05, 3.63) is 41.4 Å². The number of rotatable bonds is 3. The lowest BCUT2D eigenvalue weighted by molar-refractivity contribution is -0.138. The van der Waals surface area contributed by atoms with E-state index in [2.05, 4.69) is 4.74 Å². The van der Waals surface area contributed by atoms with Crippen molar-refractivity contribution in [1.82, 2.24) is 0 Å². The zero-order chi connectivity index (χ0) is 13.0. The molecular weight excluding hydrogens is 234 g/mol. The summed E-state index contributed by atoms with van der Waals surface area (Å²) in [7, 11) is 1.06. The van der Waals surface area contributed by atoms with Crippen LogP contribution in [0.25, 0.3) is 0 Å². The molecule has 92 valence electrons. The molecule has 0 saturated carbocycles. The van der Waals surface area contributed by atoms with Gasteiger partial charge in [-0.2, -0.15) is 0 Å². The van der Waals surface area contributed by atoms with E-state index in [1.54, 1.807) is 0 Å². The van der Waals surface area contributed by atoms with E-state index in [9.17, 15) is 13.6 Å². The van der Waals surface area contributed by atoms with Gasteiger partial charge in [0.05, 0.1) is 7.11 Å². The molecule has 0 unspecified atom stereocenters. The normalized spacial score (nSPS) is 11.2. The van der Waals surface area contributed by atoms with Gasteiger partial charge in [-0.05, 0) is 19.1 Å². The molecule has 1 rings (SSSR count). The minimum absolute atomic E-state index is 0.117. The van der Waals surface area contributed by atoms with Crippen molar-refractivity contribution in [2.24, 2.45) is 0 Å². The Morgan fingerprint density at radius 2 is 1.94 bits per heavy atom. The molecule has 0 aliphatic rings. The highest BCUT2D eigenvalue weighted by Gasteiger charge is 2.18. The van der Waals surface area contributed by atoms with Gasteiger partial charge in [0.15, 0.2) is 11.6 Å². The molecule has 4 nitrogen and oxygen atoms in total. The molecule has 0 radical (unpaired) electrons. The van der Waals surface area contributed by atoms with Gasteiger partial charge in [0.25, 0.3) is 0 Å². The van der Waals surface area contributed by atoms with Crippen molar-refractivity contribution in [2.45, 2.75) is 6.92 Å². The number of carbonyl (C=O) groups is 1. The van der Waals surface area contributed by atoms with Crippen molar-refractivity contribution < 1.29 is 28.2 Å². The van der Waals surface area contributed by atoms with Crippen LogP contribution in [0.2, 0.25) is 0 Å². The lowest BCUT2D eigenvalue weighted by atomic mass is 10.2. The number of esters is 1. The van der Waals surface area contributed by atoms with E-state index in [-0.39, 0.29) is 5.56 Å². The molecule has 0 aromatic heterocycles. The molecular formula is C11H10F2O4. The number of aliphatic hydroxyl groups is 1. The molecule has 0 aliphatic heterocycles. The quantitative estimate of drug-likeness (QED) is 0.503. The van der Waals surface area contributed by atoms with Crippen LogP contribution in [0.4, 0.5) is 8.78 Å². The number of hydrogen-bond donors (Lipinski definition) is 1. The van der Waals surface area contributed by atoms with Gasteiger partial charge in [0, 0.05) is 5.56 Å². The molecule has 0 saturated heterocycles. The topological polar surface area (TPSA) is 55.8 Å². The SMILES string of the molecule is COC(=O)/C(=C\O)Oc1c(F)ccc(F)c1C. The van der Waals surface area contributed by atoms with Crippen molar-refractivity contribution in [2.75, 3.05) is 7.11 Å². The molecule has 0 spiro atoms. The Kier molecular flexibility index (Phi) is 4.03. The minimum Gasteiger partial charge on any atom is -0.511 e. The van der Waals surface area contributed by atoms with E-state index in [0.29, 0.717) is 6.26 Å². The van der Waals surface area contributed by atoms with Crippen LogP contribution in [0.1, 0.15) is 5.56 Å². The first-order valence-electron chi connectivity index (χ1n) is 4.56. The first-order chi connectivity index (χ1) is 8.01. The van der Waals surface area contributed by atoms with Crippen molar-refractivity contribution >= 4 is 5.97 Å². The standard InChI is InChI=1S/C11H10F2O4/c1-6-7(12)3-4-8(13)10(6)17-9(5-14)11(15)16-2/h3-5,14H,1-2H3/b9-5+. The third kappa shape index (κ3) is 2.72. The summed E-state index contributed by atoms with van der Waals surface area (Å²) in [5.41, 5.74) is -0.117. The van der Waals surface area contributed by atoms with Crippen LogP contribution in [0, 0.1) is 18.6 Å². The van der Waals surface area contributed by atoms with E-state index in [1.165, 1.54) is 6.92 Å². The number of hydrogen-bond acceptors (Lipinski definition) is 4. The highest BCUT2D eigenvalue weighted by molar-refractivity contribution is 5.86. The Balaban J connectivity index is 3.11. The summed E-state index contributed by atoms with van der Waals surface area (Å²) in [6.45, 7) is 1.28. The second kappa shape index (κ2) is 5.29. The molecule has 0 atom stereocenters. The zero-order valence-corrected chi connectivity index (χ0v) is 9.16. The Labute approximate surface area is 96.1 Å². The van der Waals surface area contributed by atoms with Crippen LogP contribution in [0.3, 0.4) is 0 Å². The van der Waals surface area contributed by atoms with Crippen molar-refractivity contribution in [3.8, 4) is 5.75 Å². The monoisotopic (exact) mass is 244 g/mol. The molecule has 0 aliphatic carbocycles. The number of benzene rings is 1. The molecule has 0 fully saturated rings. The predicted octanol–water partition coefficient (Wildman–Crippen LogP) is 2.22. The average Bonchev–Trinajstić information content (AvgIpc) is 2.33. The summed E-state index contributed by atoms with van der Waals surface area (Å²) in [6, 6.07) is 1.78. The molecule has 0 heterocycles. The van der Waals surface area contributed by atoms with E-state index < -0.39 is 29.1 Å². The Morgan fingerprint density at radius 1 is 1.35 bits per heavy atom. The Bertz CT molecular complexity index is 469. The molecule has 1 aromatic carbocycles. The van der Waals surface area contributed by atoms with Crippen LogP contribution < -0.4 is 4.74 Å². The van der Waals surface area contributed by atoms with Gasteiger partial charge in [-0.3, -0.25) is 0 Å². The predicted molar refractivity (Wildman–Crippen MR) is 54.5 cm³/mol. The fraction of sp³-hybridized carbons (Fsp3) is 0.182. The first kappa shape index (κ1) is 13.0. The highest BCUT2D eigenvalue weighted by Crippen LogP contribution is 2.26. The Hall–Kier alpha value is -2.11. The maximum atomic E-state index is 13.3. The minimum atomic E-state index is -1.00. The maximum absolute atomic E-state index is 13.3. The van der Waals surface area contributed by atoms with Gasteiger partial charge in [-0.15, -0.1) is 0 Å². The fourth-order valence-electron chi connectivity index (χ4n) is 1.09. The number of aliphatic hydroxyl groups excluding tert-OH is 1. The van der Waals surface area contributed by atoms with Crippen molar-refractivity contribution in [1.29, 1.82) is 0 Å². The van der Waals surface area contributed by atoms with E-state index in [0.717, 1.165) is 19.2 Å². The summed E-state index contributed by atoms with van der Waals surface area (Å²) in [6.07, 6.45) is 0.315. The molecule has 1 N–H and O–H groups in total. The number of ether oxygens (including phenoxy) is 2. The van der Waals surface area contributed by atoms with Gasteiger partial charge in [0.2, 0.25) is 5.76 Å². The molecule has 0 bridgehead atoms. The molecule has 17 heavy (non-hydrogen) atoms. The molecule has 1 aromatic rings. The van der Waals surface area contributed by atoms with Crippen LogP contribution in [0.15, 0.2) is 24.2 Å². The van der Waals surface area contributed by atoms with Crippen LogP contribution in [-0.2, 0) is 9.53 Å². The van der Waals surface area contributed by atoms with E-state index >= 15 is 0 Å². The van der Waals surface area contributed by atoms with E-state index in [1.807, 2.05) is 0 Å². The maximum Gasteiger partial charge on any atom is 0.377 e. The number of halogens is 2. The van der Waals surface area contributed by atoms with Gasteiger partial charge in [0.1, 0.15) is 12.1 Å². The van der Waals surface area contributed by atoms with Crippen LogP contribution in [-0.4, -0.2) is 18.2 Å². The van der Waals surface area contributed by atoms with Gasteiger partial charge in [-0.25, -0.2) is 13.6 Å². The summed E-state index contributed by atoms with van der Waals surface area (Å²) >= 11 is 0. The third-order valence-corrected chi connectivity index (χ3v) is 2.01. The van der Waals surface area contributed by atoms with Gasteiger partial charge in [-0.1, -0.05) is 0 Å². The molecule has 0 amide bonds. The third-order valence-electron chi connectivity index (χ3n) is 2.01. The summed E-state index contributed by atoms with van der Waals surface area (Å²) < 4.78 is 35.6.